The van der Waals surface area contributed by atoms with E-state index in [2.05, 4.69) is 31.3 Å². The molecule has 3 N–H and O–H groups in total. The number of rotatable bonds is 64. The summed E-state index contributed by atoms with van der Waals surface area (Å²) in [6, 6.07) is -0.539. The van der Waals surface area contributed by atoms with Gasteiger partial charge in [-0.3, -0.25) is 9.59 Å². The van der Waals surface area contributed by atoms with Crippen molar-refractivity contribution in [1.29, 1.82) is 0 Å². The summed E-state index contributed by atoms with van der Waals surface area (Å²) in [5.41, 5.74) is 0. The summed E-state index contributed by atoms with van der Waals surface area (Å²) in [4.78, 5) is 24.5. The van der Waals surface area contributed by atoms with E-state index in [1.165, 1.54) is 315 Å². The molecule has 0 aromatic rings. The number of aliphatic hydroxyl groups is 2. The van der Waals surface area contributed by atoms with Crippen molar-refractivity contribution in [2.45, 2.75) is 398 Å². The second kappa shape index (κ2) is 64.1. The van der Waals surface area contributed by atoms with Gasteiger partial charge in [0.05, 0.1) is 25.4 Å². The van der Waals surface area contributed by atoms with Crippen molar-refractivity contribution in [2.75, 3.05) is 13.2 Å². The zero-order valence-electron chi connectivity index (χ0n) is 50.4. The monoisotopic (exact) mass is 1040 g/mol. The highest BCUT2D eigenvalue weighted by Gasteiger charge is 2.20. The van der Waals surface area contributed by atoms with Crippen LogP contribution >= 0.6 is 0 Å². The summed E-state index contributed by atoms with van der Waals surface area (Å²) in [5.74, 6) is -0.0118. The van der Waals surface area contributed by atoms with Gasteiger partial charge in [0, 0.05) is 12.8 Å². The van der Waals surface area contributed by atoms with Gasteiger partial charge in [0.25, 0.3) is 0 Å². The first-order chi connectivity index (χ1) is 36.5. The van der Waals surface area contributed by atoms with Crippen LogP contribution in [-0.4, -0.2) is 47.4 Å². The molecule has 6 nitrogen and oxygen atoms in total. The molecule has 2 atom stereocenters. The molecule has 0 aromatic heterocycles. The van der Waals surface area contributed by atoms with E-state index in [1.807, 2.05) is 0 Å². The molecule has 0 spiro atoms. The van der Waals surface area contributed by atoms with Gasteiger partial charge < -0.3 is 20.3 Å². The fraction of sp³-hybridized carbons (Fsp3) is 0.941. The van der Waals surface area contributed by atoms with Gasteiger partial charge in [-0.05, 0) is 51.4 Å². The third kappa shape index (κ3) is 59.8. The molecule has 0 saturated carbocycles. The molecule has 6 heteroatoms. The third-order valence-corrected chi connectivity index (χ3v) is 16.1. The Morgan fingerprint density at radius 1 is 0.365 bits per heavy atom. The van der Waals surface area contributed by atoms with E-state index in [0.29, 0.717) is 25.9 Å². The van der Waals surface area contributed by atoms with Crippen molar-refractivity contribution in [1.82, 2.24) is 5.32 Å². The topological polar surface area (TPSA) is 95.9 Å². The Kier molecular flexibility index (Phi) is 62.9. The highest BCUT2D eigenvalue weighted by Crippen LogP contribution is 2.19. The molecule has 74 heavy (non-hydrogen) atoms. The summed E-state index contributed by atoms with van der Waals surface area (Å²) >= 11 is 0. The van der Waals surface area contributed by atoms with Crippen molar-refractivity contribution in [3.63, 3.8) is 0 Å². The number of carbonyl (C=O) groups excluding carboxylic acids is 2. The Morgan fingerprint density at radius 2 is 0.635 bits per heavy atom. The van der Waals surface area contributed by atoms with Crippen LogP contribution in [0.15, 0.2) is 12.2 Å². The van der Waals surface area contributed by atoms with Gasteiger partial charge >= 0.3 is 5.97 Å². The maximum absolute atomic E-state index is 12.5. The Hall–Kier alpha value is -1.40. The largest absolute Gasteiger partial charge is 0.466 e. The van der Waals surface area contributed by atoms with E-state index in [4.69, 9.17) is 4.74 Å². The van der Waals surface area contributed by atoms with E-state index >= 15 is 0 Å². The fourth-order valence-corrected chi connectivity index (χ4v) is 10.9. The maximum atomic E-state index is 12.5. The third-order valence-electron chi connectivity index (χ3n) is 16.1. The van der Waals surface area contributed by atoms with Crippen molar-refractivity contribution in [3.8, 4) is 0 Å². The minimum absolute atomic E-state index is 0.0185. The van der Waals surface area contributed by atoms with E-state index in [-0.39, 0.29) is 18.5 Å². The van der Waals surface area contributed by atoms with Crippen molar-refractivity contribution in [3.05, 3.63) is 12.2 Å². The molecule has 440 valence electrons. The van der Waals surface area contributed by atoms with Gasteiger partial charge in [0.1, 0.15) is 0 Å². The normalized spacial score (nSPS) is 12.5. The van der Waals surface area contributed by atoms with Crippen LogP contribution in [0.1, 0.15) is 386 Å². The van der Waals surface area contributed by atoms with Crippen LogP contribution in [0, 0.1) is 0 Å². The first-order valence-electron chi connectivity index (χ1n) is 33.9. The van der Waals surface area contributed by atoms with Gasteiger partial charge in [-0.15, -0.1) is 0 Å². The molecule has 0 aromatic carbocycles. The molecule has 1 amide bonds. The number of ether oxygens (including phenoxy) is 1. The number of hydrogen-bond acceptors (Lipinski definition) is 5. The van der Waals surface area contributed by atoms with Crippen LogP contribution in [0.2, 0.25) is 0 Å². The number of esters is 1. The Balaban J connectivity index is 3.35. The number of allylic oxidation sites excluding steroid dienone is 2. The van der Waals surface area contributed by atoms with Crippen molar-refractivity contribution < 1.29 is 24.5 Å². The van der Waals surface area contributed by atoms with Crippen molar-refractivity contribution in [2.24, 2.45) is 0 Å². The molecule has 2 unspecified atom stereocenters. The average molecular weight is 1040 g/mol. The van der Waals surface area contributed by atoms with Gasteiger partial charge in [-0.1, -0.05) is 334 Å². The molecule has 0 saturated heterocycles. The highest BCUT2D eigenvalue weighted by atomic mass is 16.5. The molecule has 0 rings (SSSR count). The predicted octanol–water partition coefficient (Wildman–Crippen LogP) is 21.6. The molecular formula is C68H133NO5. The number of amides is 1. The molecule has 0 aliphatic rings. The summed E-state index contributed by atoms with van der Waals surface area (Å²) in [6.45, 7) is 4.99. The van der Waals surface area contributed by atoms with Crippen LogP contribution < -0.4 is 5.32 Å². The van der Waals surface area contributed by atoms with Gasteiger partial charge in [-0.2, -0.15) is 0 Å². The highest BCUT2D eigenvalue weighted by molar-refractivity contribution is 5.76. The Morgan fingerprint density at radius 3 is 0.959 bits per heavy atom. The summed E-state index contributed by atoms with van der Waals surface area (Å²) in [6.07, 6.45) is 78.2. The summed E-state index contributed by atoms with van der Waals surface area (Å²) in [7, 11) is 0. The molecule has 0 heterocycles. The summed E-state index contributed by atoms with van der Waals surface area (Å²) in [5, 5.41) is 23.3. The van der Waals surface area contributed by atoms with E-state index < -0.39 is 12.1 Å². The minimum atomic E-state index is -0.662. The van der Waals surface area contributed by atoms with Crippen LogP contribution in [0.3, 0.4) is 0 Å². The van der Waals surface area contributed by atoms with Crippen molar-refractivity contribution >= 4 is 11.9 Å². The first-order valence-corrected chi connectivity index (χ1v) is 33.9. The lowest BCUT2D eigenvalue weighted by Crippen LogP contribution is -2.45. The predicted molar refractivity (Wildman–Crippen MR) is 324 cm³/mol. The van der Waals surface area contributed by atoms with Gasteiger partial charge in [0.15, 0.2) is 0 Å². The molecular weight excluding hydrogens is 911 g/mol. The standard InChI is InChI=1S/C68H133NO5/c1-3-5-7-9-11-13-15-17-34-37-40-44-48-52-56-60-66(71)65(64-70)69-67(72)61-57-53-49-45-41-38-35-32-30-28-26-24-22-20-18-19-21-23-25-27-29-31-33-36-39-43-47-51-55-59-63-74-68(73)62-58-54-50-46-42-16-14-12-10-8-6-4-2/h19,21,65-66,70-71H,3-18,20,22-64H2,1-2H3,(H,69,72)/b21-19-. The van der Waals surface area contributed by atoms with Crippen LogP contribution in [0.5, 0.6) is 0 Å². The molecule has 0 radical (unpaired) electrons. The minimum Gasteiger partial charge on any atom is -0.466 e. The lowest BCUT2D eigenvalue weighted by Gasteiger charge is -2.22. The molecule has 0 bridgehead atoms. The quantitative estimate of drug-likeness (QED) is 0.0320. The molecule has 0 fully saturated rings. The zero-order chi connectivity index (χ0) is 53.6. The lowest BCUT2D eigenvalue weighted by molar-refractivity contribution is -0.143. The van der Waals surface area contributed by atoms with E-state index in [1.54, 1.807) is 0 Å². The first kappa shape index (κ1) is 72.6. The van der Waals surface area contributed by atoms with E-state index in [9.17, 15) is 19.8 Å². The smallest absolute Gasteiger partial charge is 0.305 e. The second-order valence-electron chi connectivity index (χ2n) is 23.5. The number of unbranched alkanes of at least 4 members (excludes halogenated alkanes) is 51. The summed E-state index contributed by atoms with van der Waals surface area (Å²) < 4.78 is 5.48. The number of hydrogen-bond donors (Lipinski definition) is 3. The Labute approximate surface area is 463 Å². The molecule has 0 aliphatic carbocycles. The maximum Gasteiger partial charge on any atom is 0.305 e. The van der Waals surface area contributed by atoms with Crippen LogP contribution in [0.25, 0.3) is 0 Å². The number of carbonyl (C=O) groups is 2. The Bertz CT molecular complexity index is 1110. The fourth-order valence-electron chi connectivity index (χ4n) is 10.9. The zero-order valence-corrected chi connectivity index (χ0v) is 50.4. The van der Waals surface area contributed by atoms with Gasteiger partial charge in [-0.25, -0.2) is 0 Å². The number of nitrogens with one attached hydrogen (secondary N) is 1. The number of aliphatic hydroxyl groups excluding tert-OH is 2. The average Bonchev–Trinajstić information content (AvgIpc) is 3.40. The SMILES string of the molecule is CCCCCCCCCCCCCCCCCC(O)C(CO)NC(=O)CCCCCCCCCCCCCCCC/C=C\CCCCCCCCCCCCCCOC(=O)CCCCCCCCCCCCCC. The van der Waals surface area contributed by atoms with Crippen LogP contribution in [0.4, 0.5) is 0 Å². The second-order valence-corrected chi connectivity index (χ2v) is 23.5. The van der Waals surface area contributed by atoms with Crippen LogP contribution in [-0.2, 0) is 14.3 Å². The molecule has 0 aliphatic heterocycles. The van der Waals surface area contributed by atoms with E-state index in [0.717, 1.165) is 38.5 Å². The van der Waals surface area contributed by atoms with Gasteiger partial charge in [0.2, 0.25) is 5.91 Å². The lowest BCUT2D eigenvalue weighted by atomic mass is 10.0.